The molecule has 0 heterocycles. The normalized spacial score (nSPS) is 12.2. The third-order valence-corrected chi connectivity index (χ3v) is 15.1. The Hall–Kier alpha value is -2.37. The van der Waals surface area contributed by atoms with Crippen LogP contribution >= 0.6 is 0 Å². The zero-order valence-electron chi connectivity index (χ0n) is 50.6. The summed E-state index contributed by atoms with van der Waals surface area (Å²) in [5.41, 5.74) is 0. The van der Waals surface area contributed by atoms with Crippen LogP contribution in [-0.4, -0.2) is 37.2 Å². The topological polar surface area (TPSA) is 78.9 Å². The Morgan fingerprint density at radius 1 is 0.267 bits per heavy atom. The Labute approximate surface area is 467 Å². The Morgan fingerprint density at radius 2 is 0.480 bits per heavy atom. The molecule has 6 heteroatoms. The number of hydrogen-bond acceptors (Lipinski definition) is 6. The summed E-state index contributed by atoms with van der Waals surface area (Å²) in [6.45, 7) is 6.70. The van der Waals surface area contributed by atoms with E-state index in [0.29, 0.717) is 19.3 Å². The van der Waals surface area contributed by atoms with Crippen LogP contribution in [0, 0.1) is 0 Å². The molecule has 0 saturated heterocycles. The molecular weight excluding hydrogens is 925 g/mol. The van der Waals surface area contributed by atoms with Crippen molar-refractivity contribution in [2.24, 2.45) is 0 Å². The van der Waals surface area contributed by atoms with E-state index in [1.54, 1.807) is 0 Å². The lowest BCUT2D eigenvalue weighted by atomic mass is 10.0. The lowest BCUT2D eigenvalue weighted by Crippen LogP contribution is -2.30. The Bertz CT molecular complexity index is 1250. The van der Waals surface area contributed by atoms with E-state index in [-0.39, 0.29) is 31.1 Å². The molecule has 6 nitrogen and oxygen atoms in total. The van der Waals surface area contributed by atoms with Crippen molar-refractivity contribution < 1.29 is 28.6 Å². The zero-order chi connectivity index (χ0) is 54.3. The molecule has 0 aliphatic carbocycles. The third kappa shape index (κ3) is 62.4. The van der Waals surface area contributed by atoms with Crippen molar-refractivity contribution in [1.82, 2.24) is 0 Å². The molecule has 0 saturated carbocycles. The fourth-order valence-electron chi connectivity index (χ4n) is 10.1. The molecule has 75 heavy (non-hydrogen) atoms. The molecule has 0 fully saturated rings. The Kier molecular flexibility index (Phi) is 62.1. The lowest BCUT2D eigenvalue weighted by Gasteiger charge is -2.18. The second-order valence-electron chi connectivity index (χ2n) is 22.7. The minimum atomic E-state index is -0.772. The largest absolute Gasteiger partial charge is 0.462 e. The zero-order valence-corrected chi connectivity index (χ0v) is 50.6. The van der Waals surface area contributed by atoms with Crippen molar-refractivity contribution in [3.63, 3.8) is 0 Å². The first-order valence-corrected chi connectivity index (χ1v) is 33.5. The molecular formula is C69H128O6. The molecule has 0 aromatic rings. The van der Waals surface area contributed by atoms with Crippen LogP contribution in [0.2, 0.25) is 0 Å². The summed E-state index contributed by atoms with van der Waals surface area (Å²) < 4.78 is 17.0. The van der Waals surface area contributed by atoms with Crippen molar-refractivity contribution in [2.75, 3.05) is 13.2 Å². The van der Waals surface area contributed by atoms with Crippen LogP contribution in [0.3, 0.4) is 0 Å². The maximum absolute atomic E-state index is 12.9. The molecule has 0 aromatic carbocycles. The van der Waals surface area contributed by atoms with E-state index in [0.717, 1.165) is 77.0 Å². The van der Waals surface area contributed by atoms with Crippen LogP contribution in [0.1, 0.15) is 367 Å². The van der Waals surface area contributed by atoms with Crippen molar-refractivity contribution in [1.29, 1.82) is 0 Å². The van der Waals surface area contributed by atoms with Gasteiger partial charge >= 0.3 is 17.9 Å². The van der Waals surface area contributed by atoms with Gasteiger partial charge in [-0.05, 0) is 57.8 Å². The Balaban J connectivity index is 4.32. The second-order valence-corrected chi connectivity index (χ2v) is 22.7. The standard InChI is InChI=1S/C69H128O6/c1-4-7-10-13-16-19-22-25-28-31-32-33-34-35-36-39-41-44-47-50-53-56-59-62-68(71)74-65-66(75-69(72)63-60-57-54-51-48-45-42-38-30-27-24-21-18-15-12-9-6-3)64-73-67(70)61-58-55-52-49-46-43-40-37-29-26-23-20-17-14-11-8-5-2/h22,25,31-32,34-35,66H,4-21,23-24,26-30,33,36-65H2,1-3H3/b25-22-,32-31-,35-34-. The Morgan fingerprint density at radius 3 is 0.747 bits per heavy atom. The summed E-state index contributed by atoms with van der Waals surface area (Å²) in [4.78, 5) is 38.4. The van der Waals surface area contributed by atoms with Gasteiger partial charge in [0.05, 0.1) is 0 Å². The number of carbonyl (C=O) groups excluding carboxylic acids is 3. The fraction of sp³-hybridized carbons (Fsp3) is 0.870. The van der Waals surface area contributed by atoms with Crippen LogP contribution < -0.4 is 0 Å². The molecule has 0 rings (SSSR count). The van der Waals surface area contributed by atoms with Gasteiger partial charge in [-0.1, -0.05) is 327 Å². The summed E-state index contributed by atoms with van der Waals surface area (Å²) in [5, 5.41) is 0. The molecule has 1 unspecified atom stereocenters. The molecule has 440 valence electrons. The molecule has 0 spiro atoms. The van der Waals surface area contributed by atoms with Gasteiger partial charge in [0.25, 0.3) is 0 Å². The highest BCUT2D eigenvalue weighted by atomic mass is 16.6. The summed E-state index contributed by atoms with van der Waals surface area (Å²) >= 11 is 0. The van der Waals surface area contributed by atoms with Gasteiger partial charge in [-0.2, -0.15) is 0 Å². The van der Waals surface area contributed by atoms with Gasteiger partial charge in [-0.3, -0.25) is 14.4 Å². The van der Waals surface area contributed by atoms with Gasteiger partial charge in [0, 0.05) is 19.3 Å². The smallest absolute Gasteiger partial charge is 0.306 e. The van der Waals surface area contributed by atoms with Crippen LogP contribution in [0.25, 0.3) is 0 Å². The van der Waals surface area contributed by atoms with Crippen LogP contribution in [0.15, 0.2) is 36.5 Å². The predicted octanol–water partition coefficient (Wildman–Crippen LogP) is 22.8. The summed E-state index contributed by atoms with van der Waals surface area (Å²) in [6.07, 6.45) is 78.6. The highest BCUT2D eigenvalue weighted by Crippen LogP contribution is 2.18. The lowest BCUT2D eigenvalue weighted by molar-refractivity contribution is -0.167. The van der Waals surface area contributed by atoms with Crippen LogP contribution in [0.5, 0.6) is 0 Å². The molecule has 0 aromatic heterocycles. The molecule has 0 N–H and O–H groups in total. The van der Waals surface area contributed by atoms with E-state index >= 15 is 0 Å². The van der Waals surface area contributed by atoms with Crippen molar-refractivity contribution in [2.45, 2.75) is 374 Å². The van der Waals surface area contributed by atoms with E-state index in [2.05, 4.69) is 57.2 Å². The molecule has 0 bridgehead atoms. The summed E-state index contributed by atoms with van der Waals surface area (Å²) in [7, 11) is 0. The number of rotatable bonds is 62. The fourth-order valence-corrected chi connectivity index (χ4v) is 10.1. The number of carbonyl (C=O) groups is 3. The van der Waals surface area contributed by atoms with Crippen molar-refractivity contribution in [3.8, 4) is 0 Å². The van der Waals surface area contributed by atoms with Gasteiger partial charge in [-0.15, -0.1) is 0 Å². The first kappa shape index (κ1) is 72.6. The SMILES string of the molecule is CCCCCCC/C=C\C/C=C\C/C=C\CCCCCCCCCCC(=O)OCC(COC(=O)CCCCCCCCCCCCCCCCCCC)OC(=O)CCCCCCCCCCCCCCCCCCC. The number of hydrogen-bond donors (Lipinski definition) is 0. The highest BCUT2D eigenvalue weighted by Gasteiger charge is 2.19. The van der Waals surface area contributed by atoms with Gasteiger partial charge < -0.3 is 14.2 Å². The average Bonchev–Trinajstić information content (AvgIpc) is 3.41. The minimum Gasteiger partial charge on any atom is -0.462 e. The van der Waals surface area contributed by atoms with Gasteiger partial charge in [0.15, 0.2) is 6.10 Å². The van der Waals surface area contributed by atoms with Gasteiger partial charge in [0.2, 0.25) is 0 Å². The van der Waals surface area contributed by atoms with Crippen LogP contribution in [0.4, 0.5) is 0 Å². The molecule has 0 aliphatic rings. The van der Waals surface area contributed by atoms with E-state index < -0.39 is 6.10 Å². The first-order valence-electron chi connectivity index (χ1n) is 33.5. The third-order valence-electron chi connectivity index (χ3n) is 15.1. The quantitative estimate of drug-likeness (QED) is 0.0261. The molecule has 1 atom stereocenters. The molecule has 0 amide bonds. The summed E-state index contributed by atoms with van der Waals surface area (Å²) in [6, 6.07) is 0. The highest BCUT2D eigenvalue weighted by molar-refractivity contribution is 5.71. The van der Waals surface area contributed by atoms with E-state index in [1.807, 2.05) is 0 Å². The second kappa shape index (κ2) is 64.2. The molecule has 0 radical (unpaired) electrons. The monoisotopic (exact) mass is 1050 g/mol. The van der Waals surface area contributed by atoms with E-state index in [4.69, 9.17) is 14.2 Å². The first-order chi connectivity index (χ1) is 37.0. The van der Waals surface area contributed by atoms with E-state index in [9.17, 15) is 14.4 Å². The van der Waals surface area contributed by atoms with Crippen molar-refractivity contribution >= 4 is 17.9 Å². The van der Waals surface area contributed by atoms with Gasteiger partial charge in [0.1, 0.15) is 13.2 Å². The maximum Gasteiger partial charge on any atom is 0.306 e. The number of allylic oxidation sites excluding steroid dienone is 6. The maximum atomic E-state index is 12.9. The molecule has 0 aliphatic heterocycles. The van der Waals surface area contributed by atoms with Crippen LogP contribution in [-0.2, 0) is 28.6 Å². The van der Waals surface area contributed by atoms with E-state index in [1.165, 1.54) is 250 Å². The number of unbranched alkanes of at least 4 members (excludes halogenated alkanes) is 45. The number of esters is 3. The summed E-state index contributed by atoms with van der Waals surface area (Å²) in [5.74, 6) is -0.847. The van der Waals surface area contributed by atoms with Crippen molar-refractivity contribution in [3.05, 3.63) is 36.5 Å². The average molecular weight is 1050 g/mol. The number of ether oxygens (including phenoxy) is 3. The predicted molar refractivity (Wildman–Crippen MR) is 326 cm³/mol. The van der Waals surface area contributed by atoms with Gasteiger partial charge in [-0.25, -0.2) is 0 Å². The minimum absolute atomic E-state index is 0.0685.